The standard InChI is InChI=1S/C29H30F2N8O4.CH2O2/c1-2-17-13-18(3-4-20(17)29(42)36-9-8-34-24(41)14-19(40)15-33)38-27-28-37-16-22(39(28)11-10-35-27)21-5-6-23(43-12-7-32)26(31)25(21)30;2-1-3/h3-6,10-11,13,16,19,40H,2,8-9,12,14-15,33H2,1H3,(H,34,41)(H,35,38)(H,36,42);1H,(H,2,3). The van der Waals surface area contributed by atoms with E-state index >= 15 is 0 Å². The Kier molecular flexibility index (Phi) is 12.9. The van der Waals surface area contributed by atoms with Gasteiger partial charge >= 0.3 is 0 Å². The van der Waals surface area contributed by atoms with Crippen LogP contribution in [-0.4, -0.2) is 75.2 Å². The molecule has 14 nitrogen and oxygen atoms in total. The van der Waals surface area contributed by atoms with Gasteiger partial charge in [-0.3, -0.25) is 18.8 Å². The van der Waals surface area contributed by atoms with Gasteiger partial charge in [-0.2, -0.15) is 9.65 Å². The van der Waals surface area contributed by atoms with Gasteiger partial charge in [0, 0.05) is 48.8 Å². The van der Waals surface area contributed by atoms with E-state index in [0.717, 1.165) is 5.56 Å². The molecule has 2 heterocycles. The number of nitrogens with two attached hydrogens (primary N) is 1. The van der Waals surface area contributed by atoms with Gasteiger partial charge in [0.2, 0.25) is 11.7 Å². The fourth-order valence-electron chi connectivity index (χ4n) is 4.32. The van der Waals surface area contributed by atoms with Crippen LogP contribution in [0.4, 0.5) is 20.3 Å². The molecule has 0 bridgehead atoms. The molecule has 0 aliphatic carbocycles. The number of carbonyl (C=O) groups excluding carboxylic acids is 2. The summed E-state index contributed by atoms with van der Waals surface area (Å²) >= 11 is 0. The van der Waals surface area contributed by atoms with Gasteiger partial charge in [-0.15, -0.1) is 0 Å². The first kappa shape index (κ1) is 34.8. The Morgan fingerprint density at radius 2 is 1.91 bits per heavy atom. The molecule has 0 aliphatic rings. The molecule has 16 heteroatoms. The molecule has 0 spiro atoms. The van der Waals surface area contributed by atoms with Crippen LogP contribution in [0.3, 0.4) is 0 Å². The van der Waals surface area contributed by atoms with Crippen LogP contribution in [0.25, 0.3) is 16.9 Å². The number of aromatic nitrogens is 3. The van der Waals surface area contributed by atoms with Gasteiger partial charge in [0.1, 0.15) is 6.07 Å². The van der Waals surface area contributed by atoms with Gasteiger partial charge in [-0.1, -0.05) is 6.92 Å². The Balaban J connectivity index is 0.00000185. The summed E-state index contributed by atoms with van der Waals surface area (Å²) < 4.78 is 36.0. The van der Waals surface area contributed by atoms with Crippen molar-refractivity contribution in [1.29, 1.82) is 5.26 Å². The number of nitriles is 1. The fourth-order valence-corrected chi connectivity index (χ4v) is 4.32. The maximum absolute atomic E-state index is 14.9. The van der Waals surface area contributed by atoms with Crippen LogP contribution in [0.15, 0.2) is 48.9 Å². The predicted octanol–water partition coefficient (Wildman–Crippen LogP) is 2.14. The van der Waals surface area contributed by atoms with Gasteiger partial charge in [0.15, 0.2) is 29.6 Å². The number of hydrogen-bond acceptors (Lipinski definition) is 10. The molecule has 242 valence electrons. The van der Waals surface area contributed by atoms with E-state index in [0.29, 0.717) is 29.1 Å². The summed E-state index contributed by atoms with van der Waals surface area (Å²) in [7, 11) is 0. The van der Waals surface area contributed by atoms with E-state index in [2.05, 4.69) is 25.9 Å². The molecule has 2 aromatic carbocycles. The molecule has 0 fully saturated rings. The molecule has 1 atom stereocenters. The topological polar surface area (TPSA) is 217 Å². The van der Waals surface area contributed by atoms with Gasteiger partial charge in [0.25, 0.3) is 12.4 Å². The highest BCUT2D eigenvalue weighted by molar-refractivity contribution is 5.96. The van der Waals surface area contributed by atoms with Crippen molar-refractivity contribution in [2.75, 3.05) is 31.6 Å². The normalized spacial score (nSPS) is 11.0. The maximum Gasteiger partial charge on any atom is 0.290 e. The summed E-state index contributed by atoms with van der Waals surface area (Å²) in [5.74, 6) is -3.04. The third kappa shape index (κ3) is 8.71. The van der Waals surface area contributed by atoms with E-state index in [1.165, 1.54) is 24.5 Å². The van der Waals surface area contributed by atoms with Crippen LogP contribution >= 0.6 is 0 Å². The number of aliphatic hydroxyl groups is 1. The van der Waals surface area contributed by atoms with Crippen molar-refractivity contribution < 1.29 is 38.1 Å². The van der Waals surface area contributed by atoms with Gasteiger partial charge in [0.05, 0.1) is 24.4 Å². The van der Waals surface area contributed by atoms with Crippen molar-refractivity contribution in [2.45, 2.75) is 25.9 Å². The number of benzene rings is 2. The number of nitrogens with one attached hydrogen (secondary N) is 3. The number of ether oxygens (including phenoxy) is 1. The van der Waals surface area contributed by atoms with E-state index in [1.807, 2.05) is 6.92 Å². The monoisotopic (exact) mass is 638 g/mol. The molecule has 7 N–H and O–H groups in total. The van der Waals surface area contributed by atoms with Crippen LogP contribution < -0.4 is 26.4 Å². The van der Waals surface area contributed by atoms with E-state index < -0.39 is 24.3 Å². The Morgan fingerprint density at radius 1 is 1.17 bits per heavy atom. The number of rotatable bonds is 13. The number of fused-ring (bicyclic) bond motifs is 1. The fraction of sp³-hybridized carbons (Fsp3) is 0.267. The highest BCUT2D eigenvalue weighted by atomic mass is 19.2. The van der Waals surface area contributed by atoms with Crippen LogP contribution in [0.2, 0.25) is 0 Å². The molecular formula is C30H32F2N8O6. The van der Waals surface area contributed by atoms with Crippen LogP contribution in [-0.2, 0) is 16.0 Å². The SMILES string of the molecule is CCc1cc(Nc2nccn3c(-c4ccc(OCC#N)c(F)c4F)cnc23)ccc1C(=O)NCCNC(=O)CC(O)CN.O=CO. The summed E-state index contributed by atoms with van der Waals surface area (Å²) in [4.78, 5) is 41.6. The highest BCUT2D eigenvalue weighted by Gasteiger charge is 2.20. The third-order valence-electron chi connectivity index (χ3n) is 6.46. The first-order chi connectivity index (χ1) is 22.2. The number of imidazole rings is 1. The van der Waals surface area contributed by atoms with E-state index in [-0.39, 0.29) is 61.3 Å². The number of carbonyl (C=O) groups is 3. The van der Waals surface area contributed by atoms with Crippen molar-refractivity contribution in [2.24, 2.45) is 5.73 Å². The van der Waals surface area contributed by atoms with Crippen molar-refractivity contribution in [1.82, 2.24) is 25.0 Å². The van der Waals surface area contributed by atoms with Crippen molar-refractivity contribution in [3.8, 4) is 23.1 Å². The zero-order valence-corrected chi connectivity index (χ0v) is 24.7. The number of nitrogens with zero attached hydrogens (tertiary/aromatic N) is 4. The molecular weight excluding hydrogens is 606 g/mol. The quantitative estimate of drug-likeness (QED) is 0.0921. The lowest BCUT2D eigenvalue weighted by Crippen LogP contribution is -2.37. The largest absolute Gasteiger partial charge is 0.483 e. The number of hydrogen-bond donors (Lipinski definition) is 6. The zero-order valence-electron chi connectivity index (χ0n) is 24.7. The van der Waals surface area contributed by atoms with Crippen LogP contribution in [0.5, 0.6) is 5.75 Å². The van der Waals surface area contributed by atoms with Gasteiger partial charge in [-0.05, 0) is 42.3 Å². The molecule has 0 aliphatic heterocycles. The highest BCUT2D eigenvalue weighted by Crippen LogP contribution is 2.32. The van der Waals surface area contributed by atoms with Crippen LogP contribution in [0, 0.1) is 23.0 Å². The van der Waals surface area contributed by atoms with E-state index in [1.54, 1.807) is 34.9 Å². The Hall–Kier alpha value is -5.66. The van der Waals surface area contributed by atoms with Gasteiger partial charge < -0.3 is 36.6 Å². The Bertz CT molecular complexity index is 1730. The third-order valence-corrected chi connectivity index (χ3v) is 6.46. The maximum atomic E-state index is 14.9. The minimum atomic E-state index is -1.21. The lowest BCUT2D eigenvalue weighted by molar-refractivity contribution is -0.123. The average Bonchev–Trinajstić information content (AvgIpc) is 3.49. The van der Waals surface area contributed by atoms with Crippen molar-refractivity contribution in [3.05, 3.63) is 71.7 Å². The summed E-state index contributed by atoms with van der Waals surface area (Å²) in [6.07, 6.45) is 3.97. The van der Waals surface area contributed by atoms with Crippen molar-refractivity contribution >= 4 is 35.4 Å². The van der Waals surface area contributed by atoms with E-state index in [4.69, 9.17) is 25.6 Å². The molecule has 46 heavy (non-hydrogen) atoms. The molecule has 0 saturated carbocycles. The first-order valence-corrected chi connectivity index (χ1v) is 13.9. The lowest BCUT2D eigenvalue weighted by Gasteiger charge is -2.13. The Labute approximate surface area is 261 Å². The minimum absolute atomic E-state index is 0.0133. The summed E-state index contributed by atoms with van der Waals surface area (Å²) in [6, 6.07) is 9.47. The number of anilines is 2. The number of halogens is 2. The lowest BCUT2D eigenvalue weighted by atomic mass is 10.0. The molecule has 1 unspecified atom stereocenters. The second-order valence-electron chi connectivity index (χ2n) is 9.45. The average molecular weight is 639 g/mol. The number of aliphatic hydroxyl groups excluding tert-OH is 1. The second-order valence-corrected chi connectivity index (χ2v) is 9.45. The van der Waals surface area contributed by atoms with Crippen molar-refractivity contribution in [3.63, 3.8) is 0 Å². The minimum Gasteiger partial charge on any atom is -0.483 e. The first-order valence-electron chi connectivity index (χ1n) is 13.9. The molecule has 0 saturated heterocycles. The molecule has 0 radical (unpaired) electrons. The van der Waals surface area contributed by atoms with Gasteiger partial charge in [-0.25, -0.2) is 14.4 Å². The Morgan fingerprint density at radius 3 is 2.61 bits per heavy atom. The summed E-state index contributed by atoms with van der Waals surface area (Å²) in [5, 5.41) is 33.5. The molecule has 2 amide bonds. The number of carboxylic acid groups (broad SMARTS) is 1. The van der Waals surface area contributed by atoms with Crippen LogP contribution in [0.1, 0.15) is 29.3 Å². The zero-order chi connectivity index (χ0) is 33.6. The number of amides is 2. The second kappa shape index (κ2) is 17.0. The summed E-state index contributed by atoms with van der Waals surface area (Å²) in [6.45, 7) is 1.62. The molecule has 4 rings (SSSR count). The van der Waals surface area contributed by atoms with E-state index in [9.17, 15) is 23.5 Å². The molecule has 4 aromatic rings. The predicted molar refractivity (Wildman–Crippen MR) is 162 cm³/mol. The number of aryl methyl sites for hydroxylation is 1. The smallest absolute Gasteiger partial charge is 0.290 e. The summed E-state index contributed by atoms with van der Waals surface area (Å²) in [5.41, 5.74) is 7.72. The molecule has 2 aromatic heterocycles.